The first kappa shape index (κ1) is 12.6. The van der Waals surface area contributed by atoms with Gasteiger partial charge in [-0.1, -0.05) is 6.92 Å². The maximum absolute atomic E-state index is 5.07. The van der Waals surface area contributed by atoms with Crippen molar-refractivity contribution in [1.82, 2.24) is 10.3 Å². The minimum atomic E-state index is 0.567. The van der Waals surface area contributed by atoms with E-state index in [0.29, 0.717) is 12.6 Å². The summed E-state index contributed by atoms with van der Waals surface area (Å²) in [5, 5.41) is 4.54. The van der Waals surface area contributed by atoms with Gasteiger partial charge in [-0.2, -0.15) is 0 Å². The number of aryl methyl sites for hydroxylation is 1. The lowest BCUT2D eigenvalue weighted by Crippen LogP contribution is -2.24. The van der Waals surface area contributed by atoms with E-state index in [2.05, 4.69) is 31.1 Å². The molecule has 0 saturated carbocycles. The Balaban J connectivity index is 2.53. The van der Waals surface area contributed by atoms with Crippen LogP contribution in [0.15, 0.2) is 0 Å². The monoisotopic (exact) mass is 228 g/mol. The van der Waals surface area contributed by atoms with E-state index >= 15 is 0 Å². The van der Waals surface area contributed by atoms with E-state index in [-0.39, 0.29) is 0 Å². The normalized spacial score (nSPS) is 13.1. The van der Waals surface area contributed by atoms with Gasteiger partial charge in [0.05, 0.1) is 12.3 Å². The van der Waals surface area contributed by atoms with Crippen molar-refractivity contribution in [3.05, 3.63) is 15.6 Å². The highest BCUT2D eigenvalue weighted by molar-refractivity contribution is 7.11. The zero-order chi connectivity index (χ0) is 11.3. The molecule has 1 atom stereocenters. The minimum Gasteiger partial charge on any atom is -0.378 e. The third-order valence-corrected chi connectivity index (χ3v) is 3.56. The molecular weight excluding hydrogens is 208 g/mol. The number of thiazole rings is 1. The van der Waals surface area contributed by atoms with Crippen LogP contribution in [0.25, 0.3) is 0 Å². The fourth-order valence-electron chi connectivity index (χ4n) is 1.25. The van der Waals surface area contributed by atoms with Gasteiger partial charge >= 0.3 is 0 Å². The number of nitrogens with zero attached hydrogens (tertiary/aromatic N) is 1. The molecule has 0 radical (unpaired) electrons. The van der Waals surface area contributed by atoms with Crippen LogP contribution in [-0.4, -0.2) is 18.1 Å². The molecule has 1 unspecified atom stereocenters. The second-order valence-electron chi connectivity index (χ2n) is 3.74. The van der Waals surface area contributed by atoms with Crippen molar-refractivity contribution in [3.8, 4) is 0 Å². The summed E-state index contributed by atoms with van der Waals surface area (Å²) < 4.78 is 5.07. The molecule has 0 bridgehead atoms. The molecule has 0 aliphatic heterocycles. The van der Waals surface area contributed by atoms with E-state index in [1.807, 2.05) is 0 Å². The molecule has 1 heterocycles. The lowest BCUT2D eigenvalue weighted by Gasteiger charge is -2.09. The fraction of sp³-hybridized carbons (Fsp3) is 0.727. The van der Waals surface area contributed by atoms with Crippen molar-refractivity contribution >= 4 is 11.3 Å². The van der Waals surface area contributed by atoms with Crippen molar-refractivity contribution in [2.24, 2.45) is 0 Å². The van der Waals surface area contributed by atoms with Crippen LogP contribution in [0.2, 0.25) is 0 Å². The minimum absolute atomic E-state index is 0.567. The van der Waals surface area contributed by atoms with Crippen LogP contribution in [-0.2, 0) is 17.9 Å². The maximum atomic E-state index is 5.07. The Morgan fingerprint density at radius 1 is 1.53 bits per heavy atom. The summed E-state index contributed by atoms with van der Waals surface area (Å²) in [6.45, 7) is 7.99. The van der Waals surface area contributed by atoms with E-state index in [9.17, 15) is 0 Å². The highest BCUT2D eigenvalue weighted by atomic mass is 32.1. The summed E-state index contributed by atoms with van der Waals surface area (Å²) in [6, 6.07) is 0.567. The third-order valence-electron chi connectivity index (χ3n) is 2.43. The van der Waals surface area contributed by atoms with E-state index in [1.54, 1.807) is 18.4 Å². The molecule has 0 amide bonds. The summed E-state index contributed by atoms with van der Waals surface area (Å²) >= 11 is 1.74. The van der Waals surface area contributed by atoms with Crippen molar-refractivity contribution in [2.45, 2.75) is 46.4 Å². The molecule has 0 aromatic carbocycles. The molecule has 4 heteroatoms. The van der Waals surface area contributed by atoms with Crippen molar-refractivity contribution in [3.63, 3.8) is 0 Å². The molecule has 3 nitrogen and oxygen atoms in total. The topological polar surface area (TPSA) is 34.1 Å². The third kappa shape index (κ3) is 3.89. The Bertz CT molecular complexity index is 299. The standard InChI is InChI=1S/C11H20N2OS/c1-5-8(2)12-6-10-9(3)13-11(15-10)7-14-4/h8,12H,5-7H2,1-4H3. The highest BCUT2D eigenvalue weighted by Crippen LogP contribution is 2.18. The van der Waals surface area contributed by atoms with Crippen LogP contribution in [0.3, 0.4) is 0 Å². The first-order valence-electron chi connectivity index (χ1n) is 5.34. The zero-order valence-electron chi connectivity index (χ0n) is 9.96. The van der Waals surface area contributed by atoms with Crippen LogP contribution < -0.4 is 5.32 Å². The maximum Gasteiger partial charge on any atom is 0.119 e. The van der Waals surface area contributed by atoms with Gasteiger partial charge in [-0.25, -0.2) is 4.98 Å². The van der Waals surface area contributed by atoms with Gasteiger partial charge in [0.1, 0.15) is 5.01 Å². The molecule has 0 aliphatic rings. The van der Waals surface area contributed by atoms with E-state index < -0.39 is 0 Å². The second kappa shape index (κ2) is 6.20. The fourth-order valence-corrected chi connectivity index (χ4v) is 2.24. The molecule has 86 valence electrons. The average molecular weight is 228 g/mol. The largest absolute Gasteiger partial charge is 0.378 e. The van der Waals surface area contributed by atoms with Crippen molar-refractivity contribution in [1.29, 1.82) is 0 Å². The molecule has 1 N–H and O–H groups in total. The number of ether oxygens (including phenoxy) is 1. The Morgan fingerprint density at radius 3 is 2.87 bits per heavy atom. The van der Waals surface area contributed by atoms with Gasteiger partial charge in [-0.05, 0) is 20.3 Å². The molecule has 0 fully saturated rings. The molecule has 1 aromatic heterocycles. The predicted octanol–water partition coefficient (Wildman–Crippen LogP) is 2.49. The number of hydrogen-bond acceptors (Lipinski definition) is 4. The highest BCUT2D eigenvalue weighted by Gasteiger charge is 2.07. The lowest BCUT2D eigenvalue weighted by molar-refractivity contribution is 0.184. The summed E-state index contributed by atoms with van der Waals surface area (Å²) in [4.78, 5) is 5.78. The zero-order valence-corrected chi connectivity index (χ0v) is 10.8. The van der Waals surface area contributed by atoms with Gasteiger partial charge in [-0.15, -0.1) is 11.3 Å². The van der Waals surface area contributed by atoms with Gasteiger partial charge in [0, 0.05) is 24.6 Å². The Kier molecular flexibility index (Phi) is 5.22. The molecule has 0 spiro atoms. The first-order valence-corrected chi connectivity index (χ1v) is 6.16. The van der Waals surface area contributed by atoms with E-state index in [4.69, 9.17) is 4.74 Å². The van der Waals surface area contributed by atoms with Gasteiger partial charge < -0.3 is 10.1 Å². The van der Waals surface area contributed by atoms with E-state index in [0.717, 1.165) is 23.7 Å². The predicted molar refractivity (Wildman–Crippen MR) is 64.2 cm³/mol. The quantitative estimate of drug-likeness (QED) is 0.812. The van der Waals surface area contributed by atoms with Gasteiger partial charge in [0.15, 0.2) is 0 Å². The summed E-state index contributed by atoms with van der Waals surface area (Å²) in [7, 11) is 1.70. The van der Waals surface area contributed by atoms with Crippen LogP contribution >= 0.6 is 11.3 Å². The molecule has 1 rings (SSSR count). The molecular formula is C11H20N2OS. The van der Waals surface area contributed by atoms with Gasteiger partial charge in [-0.3, -0.25) is 0 Å². The average Bonchev–Trinajstić information content (AvgIpc) is 2.56. The Labute approximate surface area is 95.9 Å². The van der Waals surface area contributed by atoms with Gasteiger partial charge in [0.25, 0.3) is 0 Å². The number of rotatable bonds is 6. The SMILES string of the molecule is CCC(C)NCc1sc(COC)nc1C. The number of hydrogen-bond donors (Lipinski definition) is 1. The van der Waals surface area contributed by atoms with E-state index in [1.165, 1.54) is 4.88 Å². The van der Waals surface area contributed by atoms with Crippen LogP contribution in [0.1, 0.15) is 35.8 Å². The number of nitrogens with one attached hydrogen (secondary N) is 1. The summed E-state index contributed by atoms with van der Waals surface area (Å²) in [5.41, 5.74) is 1.13. The molecule has 0 aliphatic carbocycles. The molecule has 15 heavy (non-hydrogen) atoms. The number of methoxy groups -OCH3 is 1. The first-order chi connectivity index (χ1) is 7.17. The summed E-state index contributed by atoms with van der Waals surface area (Å²) in [5.74, 6) is 0. The van der Waals surface area contributed by atoms with Crippen LogP contribution in [0, 0.1) is 6.92 Å². The molecule has 0 saturated heterocycles. The smallest absolute Gasteiger partial charge is 0.119 e. The van der Waals surface area contributed by atoms with Crippen molar-refractivity contribution < 1.29 is 4.74 Å². The van der Waals surface area contributed by atoms with Crippen LogP contribution in [0.5, 0.6) is 0 Å². The van der Waals surface area contributed by atoms with Gasteiger partial charge in [0.2, 0.25) is 0 Å². The summed E-state index contributed by atoms with van der Waals surface area (Å²) in [6.07, 6.45) is 1.16. The Hall–Kier alpha value is -0.450. The van der Waals surface area contributed by atoms with Crippen LogP contribution in [0.4, 0.5) is 0 Å². The van der Waals surface area contributed by atoms with Crippen molar-refractivity contribution in [2.75, 3.05) is 7.11 Å². The molecule has 1 aromatic rings. The lowest BCUT2D eigenvalue weighted by atomic mass is 10.2. The number of aromatic nitrogens is 1. The Morgan fingerprint density at radius 2 is 2.27 bits per heavy atom. The second-order valence-corrected chi connectivity index (χ2v) is 4.91.